The highest BCUT2D eigenvalue weighted by molar-refractivity contribution is 6.05. The Bertz CT molecular complexity index is 2070. The van der Waals surface area contributed by atoms with Crippen LogP contribution in [0, 0.1) is 35.8 Å². The van der Waals surface area contributed by atoms with Crippen LogP contribution < -0.4 is 5.32 Å². The van der Waals surface area contributed by atoms with Crippen LogP contribution in [0.4, 0.5) is 24.1 Å². The predicted molar refractivity (Wildman–Crippen MR) is 183 cm³/mol. The van der Waals surface area contributed by atoms with Gasteiger partial charge in [0.05, 0.1) is 23.0 Å². The normalized spacial score (nSPS) is 20.3. The SMILES string of the molecule is C#Cc1c(F)ccc2cc(NC(=O)OC(C)(C)C)cc(-c3nc(CC)c4c(C5[C@H]6CN(C(=O)OC(C)(C)C)C[C@@H]56)nn(C5CC5)c4c3F)c12. The van der Waals surface area contributed by atoms with Crippen LogP contribution in [0.25, 0.3) is 32.9 Å². The van der Waals surface area contributed by atoms with E-state index in [0.717, 1.165) is 18.5 Å². The van der Waals surface area contributed by atoms with E-state index in [0.29, 0.717) is 52.6 Å². The van der Waals surface area contributed by atoms with Crippen molar-refractivity contribution in [3.63, 3.8) is 0 Å². The van der Waals surface area contributed by atoms with Gasteiger partial charge in [-0.1, -0.05) is 18.9 Å². The number of piperidine rings is 1. The first-order chi connectivity index (χ1) is 23.1. The van der Waals surface area contributed by atoms with Crippen LogP contribution >= 0.6 is 0 Å². The Morgan fingerprint density at radius 3 is 2.29 bits per heavy atom. The number of ether oxygens (including phenoxy) is 2. The van der Waals surface area contributed by atoms with E-state index in [4.69, 9.17) is 26.0 Å². The Balaban J connectivity index is 1.35. The van der Waals surface area contributed by atoms with E-state index in [1.165, 1.54) is 6.07 Å². The number of carbonyl (C=O) groups is 2. The monoisotopic (exact) mass is 669 g/mol. The fourth-order valence-electron chi connectivity index (χ4n) is 7.22. The lowest BCUT2D eigenvalue weighted by molar-refractivity contribution is 0.0270. The van der Waals surface area contributed by atoms with E-state index >= 15 is 8.78 Å². The molecular formula is C38H41F2N5O4. The van der Waals surface area contributed by atoms with E-state index in [2.05, 4.69) is 11.2 Å². The van der Waals surface area contributed by atoms with Crippen LogP contribution in [0.3, 0.4) is 0 Å². The van der Waals surface area contributed by atoms with E-state index in [1.807, 2.05) is 27.7 Å². The molecule has 0 bridgehead atoms. The summed E-state index contributed by atoms with van der Waals surface area (Å²) in [4.78, 5) is 32.2. The number of terminal acetylenes is 1. The van der Waals surface area contributed by atoms with E-state index in [1.54, 1.807) is 48.6 Å². The summed E-state index contributed by atoms with van der Waals surface area (Å²) in [6, 6.07) is 6.08. The fourth-order valence-corrected chi connectivity index (χ4v) is 7.22. The molecule has 1 saturated heterocycles. The number of fused-ring (bicyclic) bond motifs is 3. The van der Waals surface area contributed by atoms with Crippen molar-refractivity contribution in [2.75, 3.05) is 18.4 Å². The number of anilines is 1. The molecular weight excluding hydrogens is 628 g/mol. The second-order valence-corrected chi connectivity index (χ2v) is 15.4. The van der Waals surface area contributed by atoms with Gasteiger partial charge in [-0.05, 0) is 96.2 Å². The Morgan fingerprint density at radius 2 is 1.69 bits per heavy atom. The smallest absolute Gasteiger partial charge is 0.412 e. The number of nitrogens with one attached hydrogen (secondary N) is 1. The van der Waals surface area contributed by atoms with E-state index in [-0.39, 0.29) is 46.7 Å². The van der Waals surface area contributed by atoms with Gasteiger partial charge >= 0.3 is 12.2 Å². The van der Waals surface area contributed by atoms with Crippen molar-refractivity contribution < 1.29 is 27.8 Å². The molecule has 2 aromatic carbocycles. The maximum atomic E-state index is 17.3. The summed E-state index contributed by atoms with van der Waals surface area (Å²) in [5, 5.41) is 9.34. The van der Waals surface area contributed by atoms with Crippen LogP contribution in [-0.2, 0) is 15.9 Å². The van der Waals surface area contributed by atoms with Gasteiger partial charge in [0.25, 0.3) is 0 Å². The lowest BCUT2D eigenvalue weighted by Crippen LogP contribution is -2.36. The molecule has 9 nitrogen and oxygen atoms in total. The molecule has 0 radical (unpaired) electrons. The van der Waals surface area contributed by atoms with Crippen molar-refractivity contribution in [3.05, 3.63) is 52.9 Å². The standard InChI is InChI=1S/C38H41F2N5O4/c1-9-22-26(39)14-11-19-15-20(41-35(46)48-37(3,4)5)16-23(28(19)22)32-31(40)34-30(27(10-2)42-32)33(43-45(34)21-12-13-21)29-24-17-44(18-25(24)29)36(47)49-38(6,7)8/h1,11,14-16,21,24-25,29H,10,12-13,17-18H2,2-8H3,(H,41,46)/t24-,25+,29?. The molecule has 4 aromatic rings. The summed E-state index contributed by atoms with van der Waals surface area (Å²) in [5.74, 6) is 1.72. The first kappa shape index (κ1) is 32.8. The first-order valence-corrected chi connectivity index (χ1v) is 16.9. The van der Waals surface area contributed by atoms with Crippen LogP contribution in [-0.4, -0.2) is 56.1 Å². The number of nitrogens with zero attached hydrogens (tertiary/aromatic N) is 4. The number of hydrogen-bond acceptors (Lipinski definition) is 6. The quantitative estimate of drug-likeness (QED) is 0.215. The molecule has 11 heteroatoms. The molecule has 7 rings (SSSR count). The molecule has 49 heavy (non-hydrogen) atoms. The molecule has 3 atom stereocenters. The number of aryl methyl sites for hydroxylation is 1. The van der Waals surface area contributed by atoms with Gasteiger partial charge in [-0.25, -0.2) is 23.4 Å². The molecule has 1 unspecified atom stereocenters. The largest absolute Gasteiger partial charge is 0.444 e. The molecule has 3 aliphatic rings. The molecule has 256 valence electrons. The Morgan fingerprint density at radius 1 is 1.02 bits per heavy atom. The van der Waals surface area contributed by atoms with Crippen LogP contribution in [0.5, 0.6) is 0 Å². The van der Waals surface area contributed by atoms with Gasteiger partial charge < -0.3 is 14.4 Å². The zero-order valence-electron chi connectivity index (χ0n) is 28.9. The van der Waals surface area contributed by atoms with Crippen molar-refractivity contribution in [2.45, 2.75) is 90.9 Å². The van der Waals surface area contributed by atoms with Gasteiger partial charge in [-0.2, -0.15) is 5.10 Å². The van der Waals surface area contributed by atoms with Gasteiger partial charge in [0.2, 0.25) is 0 Å². The summed E-state index contributed by atoms with van der Waals surface area (Å²) < 4.78 is 45.3. The zero-order valence-corrected chi connectivity index (χ0v) is 28.9. The second kappa shape index (κ2) is 11.4. The lowest BCUT2D eigenvalue weighted by Gasteiger charge is -2.25. The Labute approximate surface area is 284 Å². The highest BCUT2D eigenvalue weighted by atomic mass is 19.1. The van der Waals surface area contributed by atoms with Crippen molar-refractivity contribution in [1.82, 2.24) is 19.7 Å². The van der Waals surface area contributed by atoms with Crippen molar-refractivity contribution in [1.29, 1.82) is 0 Å². The lowest BCUT2D eigenvalue weighted by atomic mass is 9.94. The molecule has 2 saturated carbocycles. The molecule has 3 fully saturated rings. The third-order valence-corrected chi connectivity index (χ3v) is 9.39. The van der Waals surface area contributed by atoms with E-state index < -0.39 is 28.9 Å². The first-order valence-electron chi connectivity index (χ1n) is 16.9. The van der Waals surface area contributed by atoms with Crippen LogP contribution in [0.15, 0.2) is 24.3 Å². The number of pyridine rings is 1. The van der Waals surface area contributed by atoms with Gasteiger partial charge in [-0.3, -0.25) is 10.00 Å². The number of likely N-dealkylation sites (tertiary alicyclic amines) is 1. The zero-order chi connectivity index (χ0) is 35.2. The van der Waals surface area contributed by atoms with Crippen molar-refractivity contribution >= 4 is 39.5 Å². The van der Waals surface area contributed by atoms with E-state index in [9.17, 15) is 9.59 Å². The highest BCUT2D eigenvalue weighted by Crippen LogP contribution is 2.60. The maximum Gasteiger partial charge on any atom is 0.412 e. The molecule has 2 aromatic heterocycles. The summed E-state index contributed by atoms with van der Waals surface area (Å²) in [6.07, 6.45) is 7.05. The molecule has 0 spiro atoms. The number of rotatable bonds is 5. The van der Waals surface area contributed by atoms with Gasteiger partial charge in [0, 0.05) is 41.0 Å². The minimum absolute atomic E-state index is 0.00438. The van der Waals surface area contributed by atoms with Crippen LogP contribution in [0.2, 0.25) is 0 Å². The molecule has 2 amide bonds. The average molecular weight is 670 g/mol. The van der Waals surface area contributed by atoms with Gasteiger partial charge in [0.15, 0.2) is 5.82 Å². The second-order valence-electron chi connectivity index (χ2n) is 15.4. The third-order valence-electron chi connectivity index (χ3n) is 9.39. The molecule has 2 aliphatic carbocycles. The number of amides is 2. The van der Waals surface area contributed by atoms with Gasteiger partial charge in [0.1, 0.15) is 28.2 Å². The predicted octanol–water partition coefficient (Wildman–Crippen LogP) is 8.34. The minimum Gasteiger partial charge on any atom is -0.444 e. The Kier molecular flexibility index (Phi) is 7.65. The van der Waals surface area contributed by atoms with Gasteiger partial charge in [-0.15, -0.1) is 6.42 Å². The summed E-state index contributed by atoms with van der Waals surface area (Å²) in [5.41, 5.74) is 1.08. The highest BCUT2D eigenvalue weighted by Gasteiger charge is 2.59. The minimum atomic E-state index is -0.745. The summed E-state index contributed by atoms with van der Waals surface area (Å²) in [7, 11) is 0. The fraction of sp³-hybridized carbons (Fsp3) is 0.474. The topological polar surface area (TPSA) is 98.6 Å². The summed E-state index contributed by atoms with van der Waals surface area (Å²) >= 11 is 0. The average Bonchev–Trinajstić information content (AvgIpc) is 3.88. The number of halogens is 2. The molecule has 1 N–H and O–H groups in total. The number of carbonyl (C=O) groups excluding carboxylic acids is 2. The number of aromatic nitrogens is 3. The van der Waals surface area contributed by atoms with Crippen molar-refractivity contribution in [2.24, 2.45) is 11.8 Å². The number of benzene rings is 2. The molecule has 3 heterocycles. The van der Waals surface area contributed by atoms with Crippen molar-refractivity contribution in [3.8, 4) is 23.6 Å². The number of hydrogen-bond donors (Lipinski definition) is 1. The Hall–Kier alpha value is -4.72. The summed E-state index contributed by atoms with van der Waals surface area (Å²) in [6.45, 7) is 13.9. The molecule has 1 aliphatic heterocycles. The van der Waals surface area contributed by atoms with Crippen LogP contribution in [0.1, 0.15) is 90.2 Å². The maximum absolute atomic E-state index is 17.3. The third kappa shape index (κ3) is 5.96.